The van der Waals surface area contributed by atoms with Crippen LogP contribution in [-0.4, -0.2) is 15.8 Å². The van der Waals surface area contributed by atoms with Gasteiger partial charge in [-0.25, -0.2) is 4.98 Å². The summed E-state index contributed by atoms with van der Waals surface area (Å²) in [5, 5.41) is 7.27. The van der Waals surface area contributed by atoms with Crippen molar-refractivity contribution < 1.29 is 4.74 Å². The number of ether oxygens (including phenoxy) is 1. The van der Waals surface area contributed by atoms with Crippen LogP contribution in [0.5, 0.6) is 11.8 Å². The Bertz CT molecular complexity index is 541. The lowest BCUT2D eigenvalue weighted by Crippen LogP contribution is -2.13. The monoisotopic (exact) mass is 292 g/mol. The number of nitrogens with two attached hydrogens (primary N) is 1. The number of rotatable bonds is 3. The van der Waals surface area contributed by atoms with E-state index < -0.39 is 0 Å². The molecule has 0 bridgehead atoms. The van der Waals surface area contributed by atoms with Crippen LogP contribution in [0.1, 0.15) is 5.69 Å². The Morgan fingerprint density at radius 3 is 2.59 bits per heavy atom. The second-order valence-electron chi connectivity index (χ2n) is 3.19. The lowest BCUT2D eigenvalue weighted by atomic mass is 10.3. The van der Waals surface area contributed by atoms with Crippen LogP contribution in [0.4, 0.5) is 0 Å². The predicted molar refractivity (Wildman–Crippen MR) is 67.3 cm³/mol. The highest BCUT2D eigenvalue weighted by atomic mass is 79.9. The van der Waals surface area contributed by atoms with Crippen LogP contribution < -0.4 is 10.5 Å². The lowest BCUT2D eigenvalue weighted by Gasteiger charge is -2.04. The highest BCUT2D eigenvalue weighted by molar-refractivity contribution is 9.10. The molecule has 6 heteroatoms. The van der Waals surface area contributed by atoms with Crippen LogP contribution in [0.3, 0.4) is 0 Å². The molecule has 2 rings (SSSR count). The molecule has 0 spiro atoms. The van der Waals surface area contributed by atoms with E-state index in [0.717, 1.165) is 4.47 Å². The molecule has 17 heavy (non-hydrogen) atoms. The molecule has 86 valence electrons. The van der Waals surface area contributed by atoms with Gasteiger partial charge in [0.25, 0.3) is 0 Å². The summed E-state index contributed by atoms with van der Waals surface area (Å²) in [5.74, 6) is 0.502. The van der Waals surface area contributed by atoms with Gasteiger partial charge in [-0.2, -0.15) is 4.98 Å². The van der Waals surface area contributed by atoms with Crippen LogP contribution in [0.15, 0.2) is 41.0 Å². The molecule has 2 aromatic rings. The average molecular weight is 293 g/mol. The molecular weight excluding hydrogens is 284 g/mol. The molecule has 0 saturated heterocycles. The summed E-state index contributed by atoms with van der Waals surface area (Å²) in [6.07, 6.45) is 1.50. The van der Waals surface area contributed by atoms with Crippen molar-refractivity contribution in [2.75, 3.05) is 0 Å². The molecule has 0 atom stereocenters. The summed E-state index contributed by atoms with van der Waals surface area (Å²) in [4.78, 5) is 7.94. The number of aromatic nitrogens is 2. The molecule has 0 aliphatic carbocycles. The van der Waals surface area contributed by atoms with Crippen molar-refractivity contribution in [3.05, 3.63) is 46.7 Å². The largest absolute Gasteiger partial charge is 0.424 e. The molecule has 1 heterocycles. The van der Waals surface area contributed by atoms with Crippen molar-refractivity contribution in [1.29, 1.82) is 5.41 Å². The maximum atomic E-state index is 7.27. The second-order valence-corrected chi connectivity index (χ2v) is 4.11. The molecule has 0 aliphatic heterocycles. The van der Waals surface area contributed by atoms with Gasteiger partial charge in [0.2, 0.25) is 0 Å². The van der Waals surface area contributed by atoms with Crippen molar-refractivity contribution in [3.8, 4) is 11.8 Å². The van der Waals surface area contributed by atoms with Crippen molar-refractivity contribution in [3.63, 3.8) is 0 Å². The third kappa shape index (κ3) is 3.01. The summed E-state index contributed by atoms with van der Waals surface area (Å²) in [5.41, 5.74) is 5.67. The fourth-order valence-electron chi connectivity index (χ4n) is 1.15. The number of hydrogen-bond donors (Lipinski definition) is 2. The van der Waals surface area contributed by atoms with E-state index in [1.54, 1.807) is 18.2 Å². The number of nitrogen functional groups attached to an aromatic ring is 1. The number of hydrogen-bond acceptors (Lipinski definition) is 4. The quantitative estimate of drug-likeness (QED) is 0.671. The first kappa shape index (κ1) is 11.5. The van der Waals surface area contributed by atoms with E-state index >= 15 is 0 Å². The van der Waals surface area contributed by atoms with Crippen LogP contribution in [0, 0.1) is 5.41 Å². The van der Waals surface area contributed by atoms with E-state index in [2.05, 4.69) is 25.9 Å². The molecule has 0 radical (unpaired) electrons. The smallest absolute Gasteiger partial charge is 0.322 e. The lowest BCUT2D eigenvalue weighted by molar-refractivity contribution is 0.441. The highest BCUT2D eigenvalue weighted by Gasteiger charge is 2.03. The van der Waals surface area contributed by atoms with Crippen molar-refractivity contribution in [2.45, 2.75) is 0 Å². The predicted octanol–water partition coefficient (Wildman–Crippen LogP) is 2.32. The zero-order valence-electron chi connectivity index (χ0n) is 8.72. The van der Waals surface area contributed by atoms with E-state index in [1.165, 1.54) is 6.20 Å². The summed E-state index contributed by atoms with van der Waals surface area (Å²) in [7, 11) is 0. The minimum absolute atomic E-state index is 0.118. The van der Waals surface area contributed by atoms with Gasteiger partial charge in [0, 0.05) is 10.7 Å². The Hall–Kier alpha value is -1.95. The number of nitrogens with one attached hydrogen (secondary N) is 1. The molecule has 1 aromatic carbocycles. The standard InChI is InChI=1S/C11H9BrN4O/c12-7-1-3-8(4-2-7)17-11-15-6-5-9(16-11)10(13)14/h1-6H,(H3,13,14). The van der Waals surface area contributed by atoms with Gasteiger partial charge < -0.3 is 10.5 Å². The van der Waals surface area contributed by atoms with Gasteiger partial charge in [-0.05, 0) is 30.3 Å². The van der Waals surface area contributed by atoms with Gasteiger partial charge in [-0.1, -0.05) is 15.9 Å². The fourth-order valence-corrected chi connectivity index (χ4v) is 1.41. The van der Waals surface area contributed by atoms with Crippen molar-refractivity contribution in [2.24, 2.45) is 5.73 Å². The fraction of sp³-hybridized carbons (Fsp3) is 0. The first-order chi connectivity index (χ1) is 8.15. The SMILES string of the molecule is N=C(N)c1ccnc(Oc2ccc(Br)cc2)n1. The second kappa shape index (κ2) is 4.92. The molecule has 3 N–H and O–H groups in total. The minimum Gasteiger partial charge on any atom is -0.424 e. The summed E-state index contributed by atoms with van der Waals surface area (Å²) in [6.45, 7) is 0. The van der Waals surface area contributed by atoms with Crippen LogP contribution in [-0.2, 0) is 0 Å². The Kier molecular flexibility index (Phi) is 3.34. The number of nitrogens with zero attached hydrogens (tertiary/aromatic N) is 2. The van der Waals surface area contributed by atoms with E-state index in [0.29, 0.717) is 11.4 Å². The molecular formula is C11H9BrN4O. The molecule has 1 aromatic heterocycles. The maximum Gasteiger partial charge on any atom is 0.322 e. The van der Waals surface area contributed by atoms with Gasteiger partial charge in [-0.3, -0.25) is 5.41 Å². The summed E-state index contributed by atoms with van der Waals surface area (Å²) >= 11 is 3.33. The van der Waals surface area contributed by atoms with E-state index in [1.807, 2.05) is 12.1 Å². The van der Waals surface area contributed by atoms with Crippen LogP contribution in [0.2, 0.25) is 0 Å². The number of halogens is 1. The van der Waals surface area contributed by atoms with Gasteiger partial charge in [0.05, 0.1) is 0 Å². The summed E-state index contributed by atoms with van der Waals surface area (Å²) < 4.78 is 6.39. The first-order valence-electron chi connectivity index (χ1n) is 4.76. The summed E-state index contributed by atoms with van der Waals surface area (Å²) in [6, 6.07) is 8.99. The topological polar surface area (TPSA) is 84.9 Å². The van der Waals surface area contributed by atoms with Gasteiger partial charge in [0.15, 0.2) is 0 Å². The van der Waals surface area contributed by atoms with E-state index in [4.69, 9.17) is 15.9 Å². The molecule has 0 unspecified atom stereocenters. The minimum atomic E-state index is -0.118. The third-order valence-electron chi connectivity index (χ3n) is 1.93. The Labute approximate surface area is 106 Å². The average Bonchev–Trinajstić information content (AvgIpc) is 2.32. The third-order valence-corrected chi connectivity index (χ3v) is 2.46. The van der Waals surface area contributed by atoms with Crippen molar-refractivity contribution in [1.82, 2.24) is 9.97 Å². The van der Waals surface area contributed by atoms with E-state index in [-0.39, 0.29) is 11.8 Å². The molecule has 0 saturated carbocycles. The van der Waals surface area contributed by atoms with Gasteiger partial charge >= 0.3 is 6.01 Å². The normalized spacial score (nSPS) is 9.94. The Balaban J connectivity index is 2.21. The Morgan fingerprint density at radius 2 is 1.94 bits per heavy atom. The first-order valence-corrected chi connectivity index (χ1v) is 5.55. The Morgan fingerprint density at radius 1 is 1.24 bits per heavy atom. The van der Waals surface area contributed by atoms with E-state index in [9.17, 15) is 0 Å². The zero-order valence-corrected chi connectivity index (χ0v) is 10.3. The number of benzene rings is 1. The van der Waals surface area contributed by atoms with Gasteiger partial charge in [0.1, 0.15) is 17.3 Å². The van der Waals surface area contributed by atoms with Crippen LogP contribution in [0.25, 0.3) is 0 Å². The van der Waals surface area contributed by atoms with Crippen molar-refractivity contribution >= 4 is 21.8 Å². The highest BCUT2D eigenvalue weighted by Crippen LogP contribution is 2.20. The molecule has 5 nitrogen and oxygen atoms in total. The zero-order chi connectivity index (χ0) is 12.3. The molecule has 0 fully saturated rings. The van der Waals surface area contributed by atoms with Gasteiger partial charge in [-0.15, -0.1) is 0 Å². The molecule has 0 aliphatic rings. The van der Waals surface area contributed by atoms with Crippen LogP contribution >= 0.6 is 15.9 Å². The maximum absolute atomic E-state index is 7.27. The molecule has 0 amide bonds. The number of amidine groups is 1.